The van der Waals surface area contributed by atoms with Gasteiger partial charge >= 0.3 is 0 Å². The minimum Gasteiger partial charge on any atom is -0.465 e. The average molecular weight is 480 g/mol. The number of halogens is 1. The molecule has 3 fully saturated rings. The van der Waals surface area contributed by atoms with Crippen LogP contribution in [-0.4, -0.2) is 52.8 Å². The van der Waals surface area contributed by atoms with Gasteiger partial charge in [-0.25, -0.2) is 0 Å². The number of carbonyl (C=O) groups excluding carboxylic acids is 2. The van der Waals surface area contributed by atoms with Gasteiger partial charge in [-0.3, -0.25) is 14.5 Å². The Morgan fingerprint density at radius 3 is 2.39 bits per heavy atom. The molecule has 1 saturated carbocycles. The summed E-state index contributed by atoms with van der Waals surface area (Å²) in [5.41, 5.74) is -0.677. The monoisotopic (exact) mass is 479 g/mol. The summed E-state index contributed by atoms with van der Waals surface area (Å²) < 4.78 is 5.89. The molecule has 186 valence electrons. The van der Waals surface area contributed by atoms with E-state index in [1.54, 1.807) is 0 Å². The van der Waals surface area contributed by atoms with Crippen LogP contribution in [0.5, 0.6) is 0 Å². The van der Waals surface area contributed by atoms with Gasteiger partial charge in [-0.2, -0.15) is 0 Å². The molecule has 3 heterocycles. The van der Waals surface area contributed by atoms with Gasteiger partial charge in [0.15, 0.2) is 0 Å². The van der Waals surface area contributed by atoms with Gasteiger partial charge in [0.05, 0.1) is 6.54 Å². The zero-order valence-corrected chi connectivity index (χ0v) is 21.3. The summed E-state index contributed by atoms with van der Waals surface area (Å²) in [7, 11) is 0. The molecule has 2 aliphatic heterocycles. The van der Waals surface area contributed by atoms with Crippen LogP contribution in [0.15, 0.2) is 16.5 Å². The van der Waals surface area contributed by atoms with E-state index in [0.29, 0.717) is 25.3 Å². The summed E-state index contributed by atoms with van der Waals surface area (Å²) in [5, 5.41) is 3.19. The first-order valence-corrected chi connectivity index (χ1v) is 13.0. The molecule has 3 aliphatic rings. The summed E-state index contributed by atoms with van der Waals surface area (Å²) in [6.07, 6.45) is 11.3. The van der Waals surface area contributed by atoms with Crippen LogP contribution in [0, 0.1) is 5.92 Å². The molecule has 1 spiro atoms. The van der Waals surface area contributed by atoms with E-state index in [1.165, 1.54) is 32.1 Å². The maximum atomic E-state index is 13.6. The molecule has 0 radical (unpaired) electrons. The molecule has 7 heteroatoms. The van der Waals surface area contributed by atoms with Gasteiger partial charge in [0.1, 0.15) is 23.1 Å². The van der Waals surface area contributed by atoms with Gasteiger partial charge in [-0.15, -0.1) is 12.4 Å². The van der Waals surface area contributed by atoms with E-state index in [0.717, 1.165) is 56.8 Å². The summed E-state index contributed by atoms with van der Waals surface area (Å²) in [5.74, 6) is 2.82. The maximum Gasteiger partial charge on any atom is 0.246 e. The van der Waals surface area contributed by atoms with Crippen molar-refractivity contribution in [3.05, 3.63) is 23.7 Å². The van der Waals surface area contributed by atoms with Crippen molar-refractivity contribution in [3.8, 4) is 0 Å². The zero-order chi connectivity index (χ0) is 22.6. The standard InChI is InChI=1S/C26H41N3O3.ClH/c1-3-5-15-29-24(30)23(18-20-9-7-6-8-10-20)27-25(31)26(29)13-16-28(17-14-26)19-22-12-11-21(4-2)32-22;/h11-12,20,23H,3-10,13-19H2,1-2H3,(H,27,31);1H. The number of likely N-dealkylation sites (tertiary alicyclic amines) is 1. The first-order valence-electron chi connectivity index (χ1n) is 13.0. The average Bonchev–Trinajstić information content (AvgIpc) is 3.27. The van der Waals surface area contributed by atoms with Crippen LogP contribution in [0.25, 0.3) is 0 Å². The molecule has 1 N–H and O–H groups in total. The van der Waals surface area contributed by atoms with E-state index < -0.39 is 5.54 Å². The molecular weight excluding hydrogens is 438 g/mol. The predicted molar refractivity (Wildman–Crippen MR) is 132 cm³/mol. The first-order chi connectivity index (χ1) is 15.6. The molecule has 2 saturated heterocycles. The Balaban J connectivity index is 0.00000306. The van der Waals surface area contributed by atoms with Crippen molar-refractivity contribution in [3.63, 3.8) is 0 Å². The molecule has 2 amide bonds. The number of furan rings is 1. The van der Waals surface area contributed by atoms with Crippen LogP contribution in [0.2, 0.25) is 0 Å². The Bertz CT molecular complexity index is 781. The Morgan fingerprint density at radius 2 is 1.76 bits per heavy atom. The molecule has 0 bridgehead atoms. The minimum absolute atomic E-state index is 0. The summed E-state index contributed by atoms with van der Waals surface area (Å²) in [6, 6.07) is 3.78. The molecule has 4 rings (SSSR count). The fourth-order valence-corrected chi connectivity index (χ4v) is 5.93. The van der Waals surface area contributed by atoms with E-state index in [4.69, 9.17) is 4.42 Å². The molecule has 1 atom stereocenters. The summed E-state index contributed by atoms with van der Waals surface area (Å²) in [4.78, 5) is 31.5. The number of rotatable bonds is 8. The third kappa shape index (κ3) is 5.76. The first kappa shape index (κ1) is 26.1. The van der Waals surface area contributed by atoms with E-state index in [9.17, 15) is 9.59 Å². The molecule has 1 aliphatic carbocycles. The molecule has 0 aromatic carbocycles. The Hall–Kier alpha value is -1.53. The van der Waals surface area contributed by atoms with Crippen molar-refractivity contribution in [1.82, 2.24) is 15.1 Å². The second-order valence-corrected chi connectivity index (χ2v) is 10.1. The number of aryl methyl sites for hydroxylation is 1. The van der Waals surface area contributed by atoms with Gasteiger partial charge < -0.3 is 14.6 Å². The van der Waals surface area contributed by atoms with Crippen LogP contribution in [0.4, 0.5) is 0 Å². The van der Waals surface area contributed by atoms with Crippen molar-refractivity contribution in [2.75, 3.05) is 19.6 Å². The van der Waals surface area contributed by atoms with Gasteiger partial charge in [0.2, 0.25) is 11.8 Å². The fourth-order valence-electron chi connectivity index (χ4n) is 5.93. The highest BCUT2D eigenvalue weighted by Crippen LogP contribution is 2.36. The zero-order valence-electron chi connectivity index (χ0n) is 20.4. The Labute approximate surface area is 205 Å². The highest BCUT2D eigenvalue weighted by atomic mass is 35.5. The quantitative estimate of drug-likeness (QED) is 0.587. The second-order valence-electron chi connectivity index (χ2n) is 10.1. The third-order valence-corrected chi connectivity index (χ3v) is 7.97. The molecular formula is C26H42ClN3O3. The number of unbranched alkanes of at least 4 members (excludes halogenated alkanes) is 1. The molecule has 33 heavy (non-hydrogen) atoms. The lowest BCUT2D eigenvalue weighted by Gasteiger charge is -2.52. The van der Waals surface area contributed by atoms with E-state index in [1.807, 2.05) is 11.0 Å². The Morgan fingerprint density at radius 1 is 1.06 bits per heavy atom. The second kappa shape index (κ2) is 11.7. The molecule has 1 unspecified atom stereocenters. The van der Waals surface area contributed by atoms with Gasteiger partial charge in [-0.1, -0.05) is 52.4 Å². The van der Waals surface area contributed by atoms with Crippen LogP contribution < -0.4 is 5.32 Å². The number of piperidine rings is 1. The maximum absolute atomic E-state index is 13.6. The van der Waals surface area contributed by atoms with Gasteiger partial charge in [0.25, 0.3) is 0 Å². The number of hydrogen-bond acceptors (Lipinski definition) is 4. The van der Waals surface area contributed by atoms with Crippen LogP contribution in [0.3, 0.4) is 0 Å². The number of carbonyl (C=O) groups is 2. The van der Waals surface area contributed by atoms with Crippen molar-refractivity contribution in [1.29, 1.82) is 0 Å². The van der Waals surface area contributed by atoms with Gasteiger partial charge in [0, 0.05) is 26.1 Å². The Kier molecular flexibility index (Phi) is 9.28. The number of hydrogen-bond donors (Lipinski definition) is 1. The molecule has 1 aromatic rings. The van der Waals surface area contributed by atoms with Crippen LogP contribution in [-0.2, 0) is 22.6 Å². The van der Waals surface area contributed by atoms with Gasteiger partial charge in [-0.05, 0) is 43.7 Å². The lowest BCUT2D eigenvalue weighted by atomic mass is 9.79. The normalized spacial score (nSPS) is 24.1. The highest BCUT2D eigenvalue weighted by Gasteiger charge is 2.53. The lowest BCUT2D eigenvalue weighted by Crippen LogP contribution is -2.73. The van der Waals surface area contributed by atoms with Crippen LogP contribution >= 0.6 is 12.4 Å². The van der Waals surface area contributed by atoms with Crippen LogP contribution in [0.1, 0.15) is 89.6 Å². The number of nitrogens with zero attached hydrogens (tertiary/aromatic N) is 2. The number of amides is 2. The topological polar surface area (TPSA) is 65.8 Å². The summed E-state index contributed by atoms with van der Waals surface area (Å²) >= 11 is 0. The molecule has 6 nitrogen and oxygen atoms in total. The number of nitrogens with one attached hydrogen (secondary N) is 1. The highest BCUT2D eigenvalue weighted by molar-refractivity contribution is 6.00. The SMILES string of the molecule is CCCCN1C(=O)C(CC2CCCCC2)NC(=O)C12CCN(Cc1ccc(CC)o1)CC2.Cl. The third-order valence-electron chi connectivity index (χ3n) is 7.97. The predicted octanol–water partition coefficient (Wildman–Crippen LogP) is 4.70. The van der Waals surface area contributed by atoms with Crippen molar-refractivity contribution >= 4 is 24.2 Å². The number of piperazine rings is 1. The minimum atomic E-state index is -0.677. The van der Waals surface area contributed by atoms with Crippen molar-refractivity contribution in [2.24, 2.45) is 5.92 Å². The molecule has 1 aromatic heterocycles. The van der Waals surface area contributed by atoms with Crippen molar-refractivity contribution in [2.45, 2.75) is 103 Å². The lowest BCUT2D eigenvalue weighted by molar-refractivity contribution is -0.162. The van der Waals surface area contributed by atoms with Crippen molar-refractivity contribution < 1.29 is 14.0 Å². The van der Waals surface area contributed by atoms with E-state index >= 15 is 0 Å². The smallest absolute Gasteiger partial charge is 0.246 e. The van der Waals surface area contributed by atoms with E-state index in [-0.39, 0.29) is 30.3 Å². The van der Waals surface area contributed by atoms with E-state index in [2.05, 4.69) is 30.1 Å². The fraction of sp³-hybridized carbons (Fsp3) is 0.769. The summed E-state index contributed by atoms with van der Waals surface area (Å²) in [6.45, 7) is 7.32. The largest absolute Gasteiger partial charge is 0.465 e.